The molecule has 1 amide bonds. The predicted octanol–water partition coefficient (Wildman–Crippen LogP) is 3.08. The summed E-state index contributed by atoms with van der Waals surface area (Å²) in [6, 6.07) is 9.66. The fourth-order valence-corrected chi connectivity index (χ4v) is 4.15. The number of nitrogens with zero attached hydrogens (tertiary/aromatic N) is 6. The van der Waals surface area contributed by atoms with E-state index in [4.69, 9.17) is 9.97 Å². The number of likely N-dealkylation sites (tertiary alicyclic amines) is 1. The van der Waals surface area contributed by atoms with Crippen molar-refractivity contribution in [2.45, 2.75) is 25.7 Å². The molecule has 1 aliphatic rings. The van der Waals surface area contributed by atoms with Crippen molar-refractivity contribution in [2.75, 3.05) is 13.1 Å². The van der Waals surface area contributed by atoms with E-state index < -0.39 is 0 Å². The molecule has 30 heavy (non-hydrogen) atoms. The maximum Gasteiger partial charge on any atom is 0.275 e. The number of imidazole rings is 1. The Morgan fingerprint density at radius 3 is 2.93 bits per heavy atom. The minimum absolute atomic E-state index is 0.0471. The average Bonchev–Trinajstić information content (AvgIpc) is 3.39. The Bertz CT molecular complexity index is 1230. The van der Waals surface area contributed by atoms with Crippen LogP contribution in [0.25, 0.3) is 22.4 Å². The molecule has 1 unspecified atom stereocenters. The quantitative estimate of drug-likeness (QED) is 0.569. The van der Waals surface area contributed by atoms with Crippen LogP contribution in [0.4, 0.5) is 0 Å². The van der Waals surface area contributed by atoms with Crippen LogP contribution < -0.4 is 0 Å². The number of carbonyl (C=O) groups excluding carboxylic acids is 1. The first-order chi connectivity index (χ1) is 14.6. The topological polar surface area (TPSA) is 92.6 Å². The molecule has 3 aromatic heterocycles. The fourth-order valence-electron chi connectivity index (χ4n) is 4.15. The molecule has 0 saturated carbocycles. The van der Waals surface area contributed by atoms with Crippen LogP contribution in [0, 0.1) is 6.92 Å². The van der Waals surface area contributed by atoms with Gasteiger partial charge in [-0.25, -0.2) is 15.0 Å². The normalized spacial score (nSPS) is 16.9. The van der Waals surface area contributed by atoms with Gasteiger partial charge in [-0.05, 0) is 31.9 Å². The Kier molecular flexibility index (Phi) is 4.54. The Labute approximate surface area is 174 Å². The number of aromatic amines is 1. The van der Waals surface area contributed by atoms with Crippen molar-refractivity contribution in [2.24, 2.45) is 7.05 Å². The van der Waals surface area contributed by atoms with Gasteiger partial charge in [-0.15, -0.1) is 0 Å². The lowest BCUT2D eigenvalue weighted by Crippen LogP contribution is -2.39. The van der Waals surface area contributed by atoms with Crippen LogP contribution in [-0.4, -0.2) is 53.6 Å². The van der Waals surface area contributed by atoms with Crippen LogP contribution in [-0.2, 0) is 7.05 Å². The minimum atomic E-state index is -0.0471. The molecule has 0 spiro atoms. The summed E-state index contributed by atoms with van der Waals surface area (Å²) in [4.78, 5) is 29.0. The molecule has 1 fully saturated rings. The third-order valence-electron chi connectivity index (χ3n) is 5.67. The summed E-state index contributed by atoms with van der Waals surface area (Å²) < 4.78 is 1.95. The summed E-state index contributed by atoms with van der Waals surface area (Å²) >= 11 is 0. The van der Waals surface area contributed by atoms with E-state index in [0.717, 1.165) is 46.8 Å². The molecule has 8 heteroatoms. The number of H-pyrrole nitrogens is 1. The van der Waals surface area contributed by atoms with Crippen LogP contribution in [0.2, 0.25) is 0 Å². The van der Waals surface area contributed by atoms with Crippen molar-refractivity contribution >= 4 is 16.8 Å². The summed E-state index contributed by atoms with van der Waals surface area (Å²) in [5.41, 5.74) is 3.06. The average molecular weight is 401 g/mol. The van der Waals surface area contributed by atoms with Gasteiger partial charge in [-0.3, -0.25) is 9.89 Å². The molecule has 0 radical (unpaired) electrons. The third-order valence-corrected chi connectivity index (χ3v) is 5.67. The van der Waals surface area contributed by atoms with Gasteiger partial charge < -0.3 is 9.47 Å². The third kappa shape index (κ3) is 3.24. The van der Waals surface area contributed by atoms with E-state index in [1.165, 1.54) is 0 Å². The van der Waals surface area contributed by atoms with Crippen LogP contribution in [0.5, 0.6) is 0 Å². The van der Waals surface area contributed by atoms with Crippen LogP contribution in [0.15, 0.2) is 42.7 Å². The zero-order chi connectivity index (χ0) is 20.7. The molecule has 8 nitrogen and oxygen atoms in total. The van der Waals surface area contributed by atoms with Crippen molar-refractivity contribution in [1.82, 2.24) is 34.6 Å². The second-order valence-corrected chi connectivity index (χ2v) is 7.82. The van der Waals surface area contributed by atoms with E-state index in [1.807, 2.05) is 60.0 Å². The van der Waals surface area contributed by atoms with Crippen LogP contribution in [0.1, 0.15) is 40.8 Å². The maximum absolute atomic E-state index is 13.2. The standard InChI is InChI=1S/C22H23N7O/c1-14-12-18(21-23-9-11-28(21)2)25-20(24-14)15-6-5-10-29(13-15)22(30)19-16-7-3-4-8-17(16)26-27-19/h3-4,7-9,11-12,15H,5-6,10,13H2,1-2H3,(H,26,27). The summed E-state index contributed by atoms with van der Waals surface area (Å²) in [6.45, 7) is 3.28. The number of nitrogens with one attached hydrogen (secondary N) is 1. The Morgan fingerprint density at radius 1 is 1.23 bits per heavy atom. The van der Waals surface area contributed by atoms with Crippen molar-refractivity contribution in [3.8, 4) is 11.5 Å². The highest BCUT2D eigenvalue weighted by atomic mass is 16.2. The second kappa shape index (κ2) is 7.37. The van der Waals surface area contributed by atoms with Crippen molar-refractivity contribution in [1.29, 1.82) is 0 Å². The van der Waals surface area contributed by atoms with Gasteiger partial charge in [0.25, 0.3) is 5.91 Å². The largest absolute Gasteiger partial charge is 0.337 e. The number of carbonyl (C=O) groups is 1. The number of fused-ring (bicyclic) bond motifs is 1. The number of hydrogen-bond acceptors (Lipinski definition) is 5. The number of piperidine rings is 1. The molecule has 1 N–H and O–H groups in total. The van der Waals surface area contributed by atoms with Gasteiger partial charge in [0.05, 0.1) is 5.52 Å². The number of aromatic nitrogens is 6. The van der Waals surface area contributed by atoms with E-state index in [9.17, 15) is 4.79 Å². The van der Waals surface area contributed by atoms with Gasteiger partial charge in [0.1, 0.15) is 11.5 Å². The highest BCUT2D eigenvalue weighted by Gasteiger charge is 2.29. The van der Waals surface area contributed by atoms with Crippen molar-refractivity contribution in [3.05, 3.63) is 59.9 Å². The van der Waals surface area contributed by atoms with E-state index in [1.54, 1.807) is 6.20 Å². The van der Waals surface area contributed by atoms with E-state index in [-0.39, 0.29) is 11.8 Å². The Morgan fingerprint density at radius 2 is 2.10 bits per heavy atom. The molecule has 5 rings (SSSR count). The second-order valence-electron chi connectivity index (χ2n) is 7.82. The first-order valence-corrected chi connectivity index (χ1v) is 10.2. The molecule has 0 aliphatic carbocycles. The van der Waals surface area contributed by atoms with Gasteiger partial charge >= 0.3 is 0 Å². The molecule has 0 bridgehead atoms. The summed E-state index contributed by atoms with van der Waals surface area (Å²) in [5.74, 6) is 1.63. The molecule has 1 aliphatic heterocycles. The number of benzene rings is 1. The number of aryl methyl sites for hydroxylation is 2. The summed E-state index contributed by atoms with van der Waals surface area (Å²) in [6.07, 6.45) is 5.53. The van der Waals surface area contributed by atoms with Gasteiger partial charge in [-0.2, -0.15) is 5.10 Å². The van der Waals surface area contributed by atoms with E-state index in [2.05, 4.69) is 15.2 Å². The number of para-hydroxylation sites is 1. The van der Waals surface area contributed by atoms with E-state index in [0.29, 0.717) is 18.8 Å². The molecule has 4 aromatic rings. The molecule has 1 saturated heterocycles. The predicted molar refractivity (Wildman–Crippen MR) is 113 cm³/mol. The maximum atomic E-state index is 13.2. The first kappa shape index (κ1) is 18.5. The van der Waals surface area contributed by atoms with Crippen LogP contribution >= 0.6 is 0 Å². The van der Waals surface area contributed by atoms with E-state index >= 15 is 0 Å². The zero-order valence-electron chi connectivity index (χ0n) is 17.0. The minimum Gasteiger partial charge on any atom is -0.337 e. The lowest BCUT2D eigenvalue weighted by Gasteiger charge is -2.31. The van der Waals surface area contributed by atoms with Crippen molar-refractivity contribution < 1.29 is 4.79 Å². The number of rotatable bonds is 3. The van der Waals surface area contributed by atoms with Crippen molar-refractivity contribution in [3.63, 3.8) is 0 Å². The molecule has 1 aromatic carbocycles. The van der Waals surface area contributed by atoms with Crippen LogP contribution in [0.3, 0.4) is 0 Å². The Balaban J connectivity index is 1.42. The highest BCUT2D eigenvalue weighted by molar-refractivity contribution is 6.04. The van der Waals surface area contributed by atoms with Gasteiger partial charge in [0.15, 0.2) is 11.5 Å². The SMILES string of the molecule is Cc1cc(-c2nccn2C)nc(C2CCCN(C(=O)c3n[nH]c4ccccc34)C2)n1. The molecular weight excluding hydrogens is 378 g/mol. The van der Waals surface area contributed by atoms with Gasteiger partial charge in [0, 0.05) is 49.5 Å². The van der Waals surface area contributed by atoms with Gasteiger partial charge in [-0.1, -0.05) is 18.2 Å². The molecule has 1 atom stereocenters. The number of hydrogen-bond donors (Lipinski definition) is 1. The fraction of sp³-hybridized carbons (Fsp3) is 0.318. The monoisotopic (exact) mass is 401 g/mol. The highest BCUT2D eigenvalue weighted by Crippen LogP contribution is 2.28. The Hall–Kier alpha value is -3.55. The molecule has 4 heterocycles. The lowest BCUT2D eigenvalue weighted by atomic mass is 9.96. The smallest absolute Gasteiger partial charge is 0.275 e. The number of amides is 1. The molecule has 152 valence electrons. The first-order valence-electron chi connectivity index (χ1n) is 10.2. The van der Waals surface area contributed by atoms with Gasteiger partial charge in [0.2, 0.25) is 0 Å². The summed E-state index contributed by atoms with van der Waals surface area (Å²) in [7, 11) is 1.95. The summed E-state index contributed by atoms with van der Waals surface area (Å²) in [5, 5.41) is 8.09. The lowest BCUT2D eigenvalue weighted by molar-refractivity contribution is 0.0700. The zero-order valence-corrected chi connectivity index (χ0v) is 17.0. The molecular formula is C22H23N7O.